The van der Waals surface area contributed by atoms with Crippen molar-refractivity contribution < 1.29 is 23.0 Å². The molecule has 0 aromatic rings. The topological polar surface area (TPSA) is 47.6 Å². The number of rotatable bonds is 8. The number of carbonyl (C=O) groups is 1. The van der Waals surface area contributed by atoms with E-state index in [2.05, 4.69) is 10.1 Å². The molecule has 0 saturated heterocycles. The number of hydrogen-bond acceptors (Lipinski definition) is 4. The molecule has 0 aliphatic rings. The van der Waals surface area contributed by atoms with Crippen LogP contribution in [0.25, 0.3) is 0 Å². The second-order valence-corrected chi connectivity index (χ2v) is 2.89. The number of ether oxygens (including phenoxy) is 2. The second-order valence-electron chi connectivity index (χ2n) is 2.89. The van der Waals surface area contributed by atoms with Crippen molar-refractivity contribution in [3.63, 3.8) is 0 Å². The average molecular weight is 225 g/mol. The number of halogens is 2. The fourth-order valence-corrected chi connectivity index (χ4v) is 0.871. The highest BCUT2D eigenvalue weighted by Crippen LogP contribution is 1.92. The summed E-state index contributed by atoms with van der Waals surface area (Å²) in [5, 5.41) is 2.80. The molecule has 0 fully saturated rings. The van der Waals surface area contributed by atoms with Gasteiger partial charge in [0.2, 0.25) is 0 Å². The Bertz CT molecular complexity index is 179. The zero-order valence-electron chi connectivity index (χ0n) is 8.96. The maximum atomic E-state index is 11.6. The minimum absolute atomic E-state index is 0.147. The van der Waals surface area contributed by atoms with Gasteiger partial charge in [-0.25, -0.2) is 8.78 Å². The van der Waals surface area contributed by atoms with Crippen molar-refractivity contribution in [3.8, 4) is 0 Å². The SMILES string of the molecule is CCOC(=O)C(C)NCCOCC(F)F. The summed E-state index contributed by atoms with van der Waals surface area (Å²) < 4.78 is 32.6. The Balaban J connectivity index is 3.38. The number of carbonyl (C=O) groups excluding carboxylic acids is 1. The van der Waals surface area contributed by atoms with Gasteiger partial charge in [0.1, 0.15) is 12.6 Å². The van der Waals surface area contributed by atoms with E-state index in [4.69, 9.17) is 4.74 Å². The molecule has 0 bridgehead atoms. The maximum absolute atomic E-state index is 11.6. The summed E-state index contributed by atoms with van der Waals surface area (Å²) in [5.74, 6) is -0.355. The first-order chi connectivity index (χ1) is 7.07. The molecular weight excluding hydrogens is 208 g/mol. The van der Waals surface area contributed by atoms with Gasteiger partial charge in [-0.2, -0.15) is 0 Å². The Hall–Kier alpha value is -0.750. The van der Waals surface area contributed by atoms with Crippen LogP contribution in [0.4, 0.5) is 8.78 Å². The first-order valence-electron chi connectivity index (χ1n) is 4.83. The van der Waals surface area contributed by atoms with E-state index in [0.29, 0.717) is 13.2 Å². The zero-order chi connectivity index (χ0) is 11.7. The molecule has 0 aliphatic heterocycles. The normalized spacial score (nSPS) is 12.9. The van der Waals surface area contributed by atoms with Crippen molar-refractivity contribution in [1.82, 2.24) is 5.32 Å². The lowest BCUT2D eigenvalue weighted by Crippen LogP contribution is -2.37. The standard InChI is InChI=1S/C9H17F2NO3/c1-3-15-9(13)7(2)12-4-5-14-6-8(10)11/h7-8,12H,3-6H2,1-2H3. The van der Waals surface area contributed by atoms with E-state index >= 15 is 0 Å². The third-order valence-corrected chi connectivity index (χ3v) is 1.58. The third kappa shape index (κ3) is 8.26. The van der Waals surface area contributed by atoms with Crippen LogP contribution < -0.4 is 5.32 Å². The van der Waals surface area contributed by atoms with Crippen molar-refractivity contribution in [2.75, 3.05) is 26.4 Å². The van der Waals surface area contributed by atoms with Gasteiger partial charge in [0.25, 0.3) is 6.43 Å². The summed E-state index contributed by atoms with van der Waals surface area (Å²) in [7, 11) is 0. The van der Waals surface area contributed by atoms with Crippen molar-refractivity contribution >= 4 is 5.97 Å². The second kappa shape index (κ2) is 8.55. The van der Waals surface area contributed by atoms with Crippen LogP contribution in [0.3, 0.4) is 0 Å². The molecule has 0 rings (SSSR count). The van der Waals surface area contributed by atoms with Crippen LogP contribution in [-0.4, -0.2) is 44.8 Å². The lowest BCUT2D eigenvalue weighted by Gasteiger charge is -2.12. The number of nitrogens with one attached hydrogen (secondary N) is 1. The molecule has 1 atom stereocenters. The Morgan fingerprint density at radius 2 is 2.13 bits per heavy atom. The van der Waals surface area contributed by atoms with Gasteiger partial charge in [-0.15, -0.1) is 0 Å². The molecule has 0 spiro atoms. The van der Waals surface area contributed by atoms with Crippen LogP contribution in [0.1, 0.15) is 13.8 Å². The highest BCUT2D eigenvalue weighted by molar-refractivity contribution is 5.75. The quantitative estimate of drug-likeness (QED) is 0.490. The number of alkyl halides is 2. The summed E-state index contributed by atoms with van der Waals surface area (Å²) in [6, 6.07) is -0.444. The van der Waals surface area contributed by atoms with Crippen molar-refractivity contribution in [2.24, 2.45) is 0 Å². The summed E-state index contributed by atoms with van der Waals surface area (Å²) >= 11 is 0. The fraction of sp³-hybridized carbons (Fsp3) is 0.889. The van der Waals surface area contributed by atoms with Crippen LogP contribution in [0.15, 0.2) is 0 Å². The van der Waals surface area contributed by atoms with E-state index in [0.717, 1.165) is 0 Å². The molecule has 0 saturated carbocycles. The van der Waals surface area contributed by atoms with Crippen LogP contribution in [0.2, 0.25) is 0 Å². The van der Waals surface area contributed by atoms with E-state index < -0.39 is 19.1 Å². The molecule has 0 amide bonds. The largest absolute Gasteiger partial charge is 0.465 e. The predicted molar refractivity (Wildman–Crippen MR) is 50.9 cm³/mol. The Labute approximate surface area is 87.9 Å². The Morgan fingerprint density at radius 3 is 2.67 bits per heavy atom. The van der Waals surface area contributed by atoms with Crippen LogP contribution >= 0.6 is 0 Å². The van der Waals surface area contributed by atoms with E-state index in [1.807, 2.05) is 0 Å². The third-order valence-electron chi connectivity index (χ3n) is 1.58. The van der Waals surface area contributed by atoms with Gasteiger partial charge in [0, 0.05) is 6.54 Å². The number of hydrogen-bond donors (Lipinski definition) is 1. The van der Waals surface area contributed by atoms with E-state index in [1.54, 1.807) is 13.8 Å². The lowest BCUT2D eigenvalue weighted by atomic mass is 10.3. The molecule has 0 radical (unpaired) electrons. The van der Waals surface area contributed by atoms with E-state index in [-0.39, 0.29) is 12.6 Å². The molecule has 4 nitrogen and oxygen atoms in total. The summed E-state index contributed by atoms with van der Waals surface area (Å²) in [6.07, 6.45) is -2.45. The van der Waals surface area contributed by atoms with Gasteiger partial charge in [-0.05, 0) is 13.8 Å². The van der Waals surface area contributed by atoms with E-state index in [9.17, 15) is 13.6 Å². The number of esters is 1. The van der Waals surface area contributed by atoms with Gasteiger partial charge in [0.05, 0.1) is 13.2 Å². The summed E-state index contributed by atoms with van der Waals surface area (Å²) in [4.78, 5) is 11.1. The smallest absolute Gasteiger partial charge is 0.322 e. The molecular formula is C9H17F2NO3. The highest BCUT2D eigenvalue weighted by Gasteiger charge is 2.12. The van der Waals surface area contributed by atoms with Gasteiger partial charge < -0.3 is 14.8 Å². The lowest BCUT2D eigenvalue weighted by molar-refractivity contribution is -0.145. The average Bonchev–Trinajstić information content (AvgIpc) is 2.16. The van der Waals surface area contributed by atoms with Crippen LogP contribution in [0.5, 0.6) is 0 Å². The Morgan fingerprint density at radius 1 is 1.47 bits per heavy atom. The van der Waals surface area contributed by atoms with Crippen LogP contribution in [0, 0.1) is 0 Å². The molecule has 15 heavy (non-hydrogen) atoms. The van der Waals surface area contributed by atoms with Gasteiger partial charge in [0.15, 0.2) is 0 Å². The zero-order valence-corrected chi connectivity index (χ0v) is 8.96. The summed E-state index contributed by atoms with van der Waals surface area (Å²) in [5.41, 5.74) is 0. The van der Waals surface area contributed by atoms with Crippen molar-refractivity contribution in [3.05, 3.63) is 0 Å². The van der Waals surface area contributed by atoms with E-state index in [1.165, 1.54) is 0 Å². The molecule has 1 unspecified atom stereocenters. The minimum Gasteiger partial charge on any atom is -0.465 e. The van der Waals surface area contributed by atoms with Crippen molar-refractivity contribution in [1.29, 1.82) is 0 Å². The Kier molecular flexibility index (Phi) is 8.12. The molecule has 6 heteroatoms. The predicted octanol–water partition coefficient (Wildman–Crippen LogP) is 0.809. The van der Waals surface area contributed by atoms with Crippen LogP contribution in [-0.2, 0) is 14.3 Å². The highest BCUT2D eigenvalue weighted by atomic mass is 19.3. The fourth-order valence-electron chi connectivity index (χ4n) is 0.871. The molecule has 0 aliphatic carbocycles. The molecule has 0 aromatic heterocycles. The van der Waals surface area contributed by atoms with Crippen molar-refractivity contribution in [2.45, 2.75) is 26.3 Å². The summed E-state index contributed by atoms with van der Waals surface area (Å²) in [6.45, 7) is 3.60. The van der Waals surface area contributed by atoms with Gasteiger partial charge in [-0.3, -0.25) is 4.79 Å². The molecule has 0 heterocycles. The first kappa shape index (κ1) is 14.2. The molecule has 0 aromatic carbocycles. The first-order valence-corrected chi connectivity index (χ1v) is 4.83. The minimum atomic E-state index is -2.45. The van der Waals surface area contributed by atoms with Gasteiger partial charge >= 0.3 is 5.97 Å². The monoisotopic (exact) mass is 225 g/mol. The molecule has 1 N–H and O–H groups in total. The maximum Gasteiger partial charge on any atom is 0.322 e. The molecule has 90 valence electrons. The van der Waals surface area contributed by atoms with Gasteiger partial charge in [-0.1, -0.05) is 0 Å².